The average Bonchev–Trinajstić information content (AvgIpc) is 2.14. The van der Waals surface area contributed by atoms with Crippen molar-refractivity contribution in [3.05, 3.63) is 35.9 Å². The van der Waals surface area contributed by atoms with Crippen LogP contribution in [0.15, 0.2) is 34.7 Å². The summed E-state index contributed by atoms with van der Waals surface area (Å²) >= 11 is -1.17. The van der Waals surface area contributed by atoms with Crippen molar-refractivity contribution in [2.75, 3.05) is 0 Å². The first-order valence-electron chi connectivity index (χ1n) is 4.51. The van der Waals surface area contributed by atoms with Crippen molar-refractivity contribution in [3.8, 4) is 0 Å². The molecule has 0 radical (unpaired) electrons. The first-order valence-corrected chi connectivity index (χ1v) is 5.62. The zero-order chi connectivity index (χ0) is 10.6. The summed E-state index contributed by atoms with van der Waals surface area (Å²) in [5.41, 5.74) is 0.977. The molecule has 0 saturated carbocycles. The van der Waals surface area contributed by atoms with Crippen LogP contribution < -0.4 is 0 Å². The fraction of sp³-hybridized carbons (Fsp3) is 0.364. The molecule has 1 rings (SSSR count). The van der Waals surface area contributed by atoms with E-state index in [1.807, 2.05) is 51.1 Å². The fourth-order valence-corrected chi connectivity index (χ4v) is 1.34. The molecule has 0 aromatic heterocycles. The van der Waals surface area contributed by atoms with Gasteiger partial charge >= 0.3 is 0 Å². The molecule has 0 saturated heterocycles. The van der Waals surface area contributed by atoms with Crippen LogP contribution in [-0.2, 0) is 11.4 Å². The zero-order valence-corrected chi connectivity index (χ0v) is 9.54. The predicted molar refractivity (Wildman–Crippen MR) is 61.9 cm³/mol. The standard InChI is InChI=1S/C11H15NOS/c1-11(2,3)14(13)12-9-10-7-5-4-6-8-10/h4-9H,1-3H3/t14-/m1/s1. The van der Waals surface area contributed by atoms with Gasteiger partial charge in [0.2, 0.25) is 0 Å². The maximum Gasteiger partial charge on any atom is 0.144 e. The third-order valence-corrected chi connectivity index (χ3v) is 2.97. The minimum atomic E-state index is -1.17. The number of nitrogens with zero attached hydrogens (tertiary/aromatic N) is 1. The number of benzene rings is 1. The van der Waals surface area contributed by atoms with Gasteiger partial charge in [0.15, 0.2) is 0 Å². The van der Waals surface area contributed by atoms with Gasteiger partial charge in [0.25, 0.3) is 0 Å². The van der Waals surface area contributed by atoms with Crippen molar-refractivity contribution < 1.29 is 4.55 Å². The molecule has 0 aliphatic rings. The number of hydrogen-bond acceptors (Lipinski definition) is 2. The van der Waals surface area contributed by atoms with E-state index >= 15 is 0 Å². The molecule has 14 heavy (non-hydrogen) atoms. The normalized spacial score (nSPS) is 14.6. The van der Waals surface area contributed by atoms with Gasteiger partial charge in [0.1, 0.15) is 16.1 Å². The van der Waals surface area contributed by atoms with Crippen LogP contribution >= 0.6 is 0 Å². The Kier molecular flexibility index (Phi) is 3.72. The summed E-state index contributed by atoms with van der Waals surface area (Å²) in [5.74, 6) is 0. The zero-order valence-electron chi connectivity index (χ0n) is 8.73. The van der Waals surface area contributed by atoms with Crippen LogP contribution in [0.25, 0.3) is 0 Å². The molecule has 1 aromatic carbocycles. The molecular weight excluding hydrogens is 194 g/mol. The van der Waals surface area contributed by atoms with E-state index in [0.29, 0.717) is 0 Å². The Labute approximate surface area is 88.4 Å². The molecule has 0 bridgehead atoms. The van der Waals surface area contributed by atoms with Crippen molar-refractivity contribution in [1.82, 2.24) is 0 Å². The van der Waals surface area contributed by atoms with Gasteiger partial charge in [-0.3, -0.25) is 0 Å². The van der Waals surface area contributed by atoms with E-state index < -0.39 is 11.4 Å². The van der Waals surface area contributed by atoms with Gasteiger partial charge < -0.3 is 4.55 Å². The first kappa shape index (κ1) is 11.3. The highest BCUT2D eigenvalue weighted by Gasteiger charge is 2.25. The SMILES string of the molecule is CC(C)(C)[S@@+]([O-])N=Cc1ccccc1. The molecule has 2 nitrogen and oxygen atoms in total. The molecule has 76 valence electrons. The summed E-state index contributed by atoms with van der Waals surface area (Å²) < 4.78 is 15.3. The molecule has 1 atom stereocenters. The highest BCUT2D eigenvalue weighted by Crippen LogP contribution is 2.16. The monoisotopic (exact) mass is 209 g/mol. The van der Waals surface area contributed by atoms with Crippen LogP contribution in [0.4, 0.5) is 0 Å². The summed E-state index contributed by atoms with van der Waals surface area (Å²) in [7, 11) is 0. The minimum Gasteiger partial charge on any atom is -0.591 e. The fourth-order valence-electron chi connectivity index (χ4n) is 0.806. The van der Waals surface area contributed by atoms with Gasteiger partial charge in [0, 0.05) is 0 Å². The molecule has 0 spiro atoms. The van der Waals surface area contributed by atoms with E-state index in [1.54, 1.807) is 6.21 Å². The van der Waals surface area contributed by atoms with E-state index in [2.05, 4.69) is 4.40 Å². The van der Waals surface area contributed by atoms with Crippen molar-refractivity contribution in [2.24, 2.45) is 4.40 Å². The summed E-state index contributed by atoms with van der Waals surface area (Å²) in [5, 5.41) is 0. The van der Waals surface area contributed by atoms with Crippen LogP contribution in [0.5, 0.6) is 0 Å². The largest absolute Gasteiger partial charge is 0.591 e. The molecule has 0 heterocycles. The second kappa shape index (κ2) is 4.62. The summed E-state index contributed by atoms with van der Waals surface area (Å²) in [6, 6.07) is 9.67. The summed E-state index contributed by atoms with van der Waals surface area (Å²) in [6.45, 7) is 5.72. The van der Waals surface area contributed by atoms with Gasteiger partial charge in [0.05, 0.1) is 6.21 Å². The van der Waals surface area contributed by atoms with Crippen molar-refractivity contribution >= 4 is 17.6 Å². The highest BCUT2D eigenvalue weighted by molar-refractivity contribution is 7.91. The van der Waals surface area contributed by atoms with Crippen molar-refractivity contribution in [1.29, 1.82) is 0 Å². The van der Waals surface area contributed by atoms with Gasteiger partial charge in [-0.15, -0.1) is 0 Å². The highest BCUT2D eigenvalue weighted by atomic mass is 32.2. The molecule has 0 unspecified atom stereocenters. The Morgan fingerprint density at radius 1 is 1.21 bits per heavy atom. The quantitative estimate of drug-likeness (QED) is 0.544. The van der Waals surface area contributed by atoms with Crippen LogP contribution in [0.2, 0.25) is 0 Å². The number of hydrogen-bond donors (Lipinski definition) is 0. The van der Waals surface area contributed by atoms with E-state index in [9.17, 15) is 4.55 Å². The topological polar surface area (TPSA) is 35.4 Å². The van der Waals surface area contributed by atoms with Crippen LogP contribution in [0, 0.1) is 0 Å². The average molecular weight is 209 g/mol. The Bertz CT molecular complexity index is 303. The second-order valence-corrected chi connectivity index (χ2v) is 5.94. The lowest BCUT2D eigenvalue weighted by molar-refractivity contribution is 0.562. The lowest BCUT2D eigenvalue weighted by Gasteiger charge is -2.17. The van der Waals surface area contributed by atoms with E-state index in [-0.39, 0.29) is 4.75 Å². The van der Waals surface area contributed by atoms with Crippen LogP contribution in [-0.4, -0.2) is 15.5 Å². The van der Waals surface area contributed by atoms with Crippen molar-refractivity contribution in [2.45, 2.75) is 25.5 Å². The molecule has 0 aliphatic heterocycles. The molecule has 0 aliphatic carbocycles. The molecular formula is C11H15NOS. The predicted octanol–water partition coefficient (Wildman–Crippen LogP) is 2.57. The van der Waals surface area contributed by atoms with Gasteiger partial charge in [-0.1, -0.05) is 34.7 Å². The third-order valence-electron chi connectivity index (χ3n) is 1.62. The Morgan fingerprint density at radius 2 is 1.79 bits per heavy atom. The second-order valence-electron chi connectivity index (χ2n) is 4.01. The smallest absolute Gasteiger partial charge is 0.144 e. The third kappa shape index (κ3) is 3.52. The Morgan fingerprint density at radius 3 is 2.29 bits per heavy atom. The van der Waals surface area contributed by atoms with Crippen molar-refractivity contribution in [3.63, 3.8) is 0 Å². The summed E-state index contributed by atoms with van der Waals surface area (Å²) in [6.07, 6.45) is 1.65. The van der Waals surface area contributed by atoms with Gasteiger partial charge in [-0.2, -0.15) is 0 Å². The Balaban J connectivity index is 2.66. The van der Waals surface area contributed by atoms with E-state index in [4.69, 9.17) is 0 Å². The summed E-state index contributed by atoms with van der Waals surface area (Å²) in [4.78, 5) is 0. The van der Waals surface area contributed by atoms with E-state index in [1.165, 1.54) is 0 Å². The molecule has 0 amide bonds. The Hall–Kier alpha value is -0.800. The molecule has 0 fully saturated rings. The van der Waals surface area contributed by atoms with Gasteiger partial charge in [-0.25, -0.2) is 0 Å². The minimum absolute atomic E-state index is 0.286. The van der Waals surface area contributed by atoms with Crippen LogP contribution in [0.1, 0.15) is 26.3 Å². The van der Waals surface area contributed by atoms with Crippen LogP contribution in [0.3, 0.4) is 0 Å². The molecule has 3 heteroatoms. The first-order chi connectivity index (χ1) is 6.50. The molecule has 1 aromatic rings. The number of rotatable bonds is 2. The van der Waals surface area contributed by atoms with E-state index in [0.717, 1.165) is 5.56 Å². The lowest BCUT2D eigenvalue weighted by atomic mass is 10.2. The maximum absolute atomic E-state index is 11.6. The molecule has 0 N–H and O–H groups in total. The maximum atomic E-state index is 11.6. The van der Waals surface area contributed by atoms with Gasteiger partial charge in [-0.05, 0) is 26.3 Å². The lowest BCUT2D eigenvalue weighted by Crippen LogP contribution is -2.25.